The Bertz CT molecular complexity index is 810. The molecule has 0 aliphatic carbocycles. The van der Waals surface area contributed by atoms with E-state index in [1.807, 2.05) is 0 Å². The first-order valence-electron chi connectivity index (χ1n) is 6.48. The van der Waals surface area contributed by atoms with Gasteiger partial charge in [-0.3, -0.25) is 4.79 Å². The first-order chi connectivity index (χ1) is 11.4. The monoisotopic (exact) mass is 368 g/mol. The molecule has 2 rings (SSSR count). The number of nitrogens with one attached hydrogen (secondary N) is 1. The van der Waals surface area contributed by atoms with Gasteiger partial charge in [-0.05, 0) is 30.3 Å². The van der Waals surface area contributed by atoms with E-state index in [4.69, 9.17) is 33.0 Å². The number of carboxylic acid groups (broad SMARTS) is 1. The summed E-state index contributed by atoms with van der Waals surface area (Å²) in [5.41, 5.74) is 0.213. The number of carboxylic acids is 1. The number of hydrogen-bond donors (Lipinski definition) is 2. The molecule has 0 fully saturated rings. The lowest BCUT2D eigenvalue weighted by Gasteiger charge is -2.08. The second-order valence-corrected chi connectivity index (χ2v) is 5.29. The molecule has 124 valence electrons. The summed E-state index contributed by atoms with van der Waals surface area (Å²) >= 11 is 11.4. The van der Waals surface area contributed by atoms with Gasteiger partial charge >= 0.3 is 11.9 Å². The summed E-state index contributed by atoms with van der Waals surface area (Å²) in [5, 5.41) is 11.5. The summed E-state index contributed by atoms with van der Waals surface area (Å²) in [7, 11) is 0. The highest BCUT2D eigenvalue weighted by Gasteiger charge is 2.13. The van der Waals surface area contributed by atoms with Crippen molar-refractivity contribution in [2.45, 2.75) is 0 Å². The van der Waals surface area contributed by atoms with Crippen molar-refractivity contribution in [2.75, 3.05) is 11.9 Å². The smallest absolute Gasteiger partial charge is 0.338 e. The van der Waals surface area contributed by atoms with Crippen LogP contribution in [-0.4, -0.2) is 34.5 Å². The third-order valence-corrected chi connectivity index (χ3v) is 3.31. The Morgan fingerprint density at radius 2 is 1.92 bits per heavy atom. The minimum atomic E-state index is -1.22. The second-order valence-electron chi connectivity index (χ2n) is 4.49. The molecule has 0 aliphatic heterocycles. The lowest BCUT2D eigenvalue weighted by atomic mass is 10.2. The summed E-state index contributed by atoms with van der Waals surface area (Å²) in [6.07, 6.45) is 1.33. The Hall–Kier alpha value is -2.64. The first kappa shape index (κ1) is 17.7. The van der Waals surface area contributed by atoms with Crippen molar-refractivity contribution >= 4 is 46.7 Å². The molecule has 0 spiro atoms. The van der Waals surface area contributed by atoms with Gasteiger partial charge in [0.25, 0.3) is 5.91 Å². The number of benzene rings is 1. The van der Waals surface area contributed by atoms with E-state index in [1.165, 1.54) is 36.5 Å². The van der Waals surface area contributed by atoms with Crippen LogP contribution in [0.1, 0.15) is 20.7 Å². The highest BCUT2D eigenvalue weighted by Crippen LogP contribution is 2.20. The number of carbonyl (C=O) groups is 3. The lowest BCUT2D eigenvalue weighted by molar-refractivity contribution is -0.119. The Morgan fingerprint density at radius 3 is 2.58 bits per heavy atom. The highest BCUT2D eigenvalue weighted by molar-refractivity contribution is 6.33. The zero-order chi connectivity index (χ0) is 17.7. The van der Waals surface area contributed by atoms with Gasteiger partial charge in [0.2, 0.25) is 0 Å². The van der Waals surface area contributed by atoms with Crippen LogP contribution in [0.5, 0.6) is 0 Å². The maximum Gasteiger partial charge on any atom is 0.338 e. The van der Waals surface area contributed by atoms with Crippen LogP contribution in [0.25, 0.3) is 0 Å². The number of aromatic carboxylic acids is 1. The Kier molecular flexibility index (Phi) is 5.73. The zero-order valence-electron chi connectivity index (χ0n) is 12.0. The van der Waals surface area contributed by atoms with Crippen LogP contribution in [-0.2, 0) is 9.53 Å². The molecule has 0 unspecified atom stereocenters. The van der Waals surface area contributed by atoms with Crippen LogP contribution >= 0.6 is 23.2 Å². The molecule has 9 heteroatoms. The molecule has 0 saturated heterocycles. The number of nitrogens with zero attached hydrogens (tertiary/aromatic N) is 1. The fourth-order valence-corrected chi connectivity index (χ4v) is 2.08. The standard InChI is InChI=1S/C15H10Cl2N2O5/c16-11-2-1-9(6-10(11)14(21)22)19-13(20)7-24-15(23)8-3-4-18-12(17)5-8/h1-6H,7H2,(H,19,20)(H,21,22). The second kappa shape index (κ2) is 7.76. The van der Waals surface area contributed by atoms with E-state index in [9.17, 15) is 14.4 Å². The van der Waals surface area contributed by atoms with Gasteiger partial charge in [-0.1, -0.05) is 23.2 Å². The van der Waals surface area contributed by atoms with Crippen LogP contribution in [0.15, 0.2) is 36.5 Å². The third kappa shape index (κ3) is 4.68. The number of carbonyl (C=O) groups excluding carboxylic acids is 2. The number of ether oxygens (including phenoxy) is 1. The molecule has 0 radical (unpaired) electrons. The van der Waals surface area contributed by atoms with Gasteiger partial charge in [0.1, 0.15) is 5.15 Å². The molecule has 1 heterocycles. The maximum absolute atomic E-state index is 11.8. The van der Waals surface area contributed by atoms with Gasteiger partial charge in [0.15, 0.2) is 6.61 Å². The molecule has 1 aromatic carbocycles. The van der Waals surface area contributed by atoms with E-state index >= 15 is 0 Å². The van der Waals surface area contributed by atoms with Crippen molar-refractivity contribution in [3.05, 3.63) is 57.8 Å². The summed E-state index contributed by atoms with van der Waals surface area (Å²) in [4.78, 5) is 38.2. The van der Waals surface area contributed by atoms with Gasteiger partial charge in [-0.2, -0.15) is 0 Å². The topological polar surface area (TPSA) is 106 Å². The molecule has 0 saturated carbocycles. The Morgan fingerprint density at radius 1 is 1.17 bits per heavy atom. The van der Waals surface area contributed by atoms with Gasteiger partial charge in [0, 0.05) is 11.9 Å². The predicted molar refractivity (Wildman–Crippen MR) is 86.6 cm³/mol. The zero-order valence-corrected chi connectivity index (χ0v) is 13.5. The van der Waals surface area contributed by atoms with E-state index in [-0.39, 0.29) is 27.0 Å². The molecular weight excluding hydrogens is 359 g/mol. The van der Waals surface area contributed by atoms with E-state index < -0.39 is 24.5 Å². The predicted octanol–water partition coefficient (Wildman–Crippen LogP) is 2.88. The minimum Gasteiger partial charge on any atom is -0.478 e. The third-order valence-electron chi connectivity index (χ3n) is 2.78. The van der Waals surface area contributed by atoms with E-state index in [0.29, 0.717) is 0 Å². The summed E-state index contributed by atoms with van der Waals surface area (Å²) < 4.78 is 4.84. The van der Waals surface area contributed by atoms with Crippen LogP contribution < -0.4 is 5.32 Å². The summed E-state index contributed by atoms with van der Waals surface area (Å²) in [6.45, 7) is -0.552. The molecule has 2 N–H and O–H groups in total. The van der Waals surface area contributed by atoms with Crippen molar-refractivity contribution in [3.63, 3.8) is 0 Å². The Labute approximate surface area is 146 Å². The van der Waals surface area contributed by atoms with Crippen LogP contribution in [0.4, 0.5) is 5.69 Å². The number of hydrogen-bond acceptors (Lipinski definition) is 5. The molecule has 0 atom stereocenters. The molecule has 24 heavy (non-hydrogen) atoms. The van der Waals surface area contributed by atoms with Crippen molar-refractivity contribution in [1.29, 1.82) is 0 Å². The van der Waals surface area contributed by atoms with E-state index in [2.05, 4.69) is 10.3 Å². The minimum absolute atomic E-state index is 0.0430. The number of esters is 1. The molecular formula is C15H10Cl2N2O5. The number of amides is 1. The highest BCUT2D eigenvalue weighted by atomic mass is 35.5. The molecule has 1 aromatic heterocycles. The van der Waals surface area contributed by atoms with Gasteiger partial charge in [-0.15, -0.1) is 0 Å². The van der Waals surface area contributed by atoms with Gasteiger partial charge in [0.05, 0.1) is 16.1 Å². The van der Waals surface area contributed by atoms with Gasteiger partial charge in [-0.25, -0.2) is 14.6 Å². The molecule has 0 aliphatic rings. The molecule has 2 aromatic rings. The SMILES string of the molecule is O=C(COC(=O)c1ccnc(Cl)c1)Nc1ccc(Cl)c(C(=O)O)c1. The van der Waals surface area contributed by atoms with Crippen molar-refractivity contribution in [2.24, 2.45) is 0 Å². The average molecular weight is 369 g/mol. The number of halogens is 2. The summed E-state index contributed by atoms with van der Waals surface area (Å²) in [5.74, 6) is -2.60. The fourth-order valence-electron chi connectivity index (χ4n) is 1.71. The maximum atomic E-state index is 11.8. The molecule has 1 amide bonds. The van der Waals surface area contributed by atoms with Crippen LogP contribution in [0, 0.1) is 0 Å². The van der Waals surface area contributed by atoms with Gasteiger partial charge < -0.3 is 15.2 Å². The number of aromatic nitrogens is 1. The first-order valence-corrected chi connectivity index (χ1v) is 7.24. The molecule has 7 nitrogen and oxygen atoms in total. The Balaban J connectivity index is 1.95. The van der Waals surface area contributed by atoms with Crippen LogP contribution in [0.3, 0.4) is 0 Å². The number of anilines is 1. The van der Waals surface area contributed by atoms with E-state index in [1.54, 1.807) is 0 Å². The quantitative estimate of drug-likeness (QED) is 0.620. The van der Waals surface area contributed by atoms with Crippen molar-refractivity contribution in [1.82, 2.24) is 4.98 Å². The number of pyridine rings is 1. The van der Waals surface area contributed by atoms with E-state index in [0.717, 1.165) is 0 Å². The van der Waals surface area contributed by atoms with Crippen molar-refractivity contribution < 1.29 is 24.2 Å². The normalized spacial score (nSPS) is 10.1. The average Bonchev–Trinajstić information content (AvgIpc) is 2.54. The fraction of sp³-hybridized carbons (Fsp3) is 0.0667. The largest absolute Gasteiger partial charge is 0.478 e. The number of rotatable bonds is 5. The van der Waals surface area contributed by atoms with Crippen LogP contribution in [0.2, 0.25) is 10.2 Å². The summed E-state index contributed by atoms with van der Waals surface area (Å²) in [6, 6.07) is 6.67. The molecule has 0 bridgehead atoms. The lowest BCUT2D eigenvalue weighted by Crippen LogP contribution is -2.21. The van der Waals surface area contributed by atoms with Crippen molar-refractivity contribution in [3.8, 4) is 0 Å².